The third-order valence-corrected chi connectivity index (χ3v) is 3.57. The lowest BCUT2D eigenvalue weighted by atomic mass is 10.1. The molecular formula is C16H14BrN. The molecule has 1 nitrogen and oxygen atoms in total. The van der Waals surface area contributed by atoms with Gasteiger partial charge in [0.15, 0.2) is 0 Å². The molecule has 0 radical (unpaired) electrons. The average Bonchev–Trinajstić information content (AvgIpc) is 2.76. The van der Waals surface area contributed by atoms with Crippen LogP contribution < -0.4 is 0 Å². The summed E-state index contributed by atoms with van der Waals surface area (Å²) in [5, 5.41) is 3.60. The summed E-state index contributed by atoms with van der Waals surface area (Å²) in [5.74, 6) is 0. The fourth-order valence-corrected chi connectivity index (χ4v) is 2.52. The SMILES string of the molecule is BrCCC=Cc1ccc2c(c1)[nH]c1ccccc12. The van der Waals surface area contributed by atoms with Gasteiger partial charge in [-0.25, -0.2) is 0 Å². The minimum atomic E-state index is 1.01. The van der Waals surface area contributed by atoms with Crippen molar-refractivity contribution in [2.24, 2.45) is 0 Å². The maximum absolute atomic E-state index is 3.47. The molecule has 0 amide bonds. The molecule has 2 aromatic carbocycles. The average molecular weight is 300 g/mol. The van der Waals surface area contributed by atoms with Crippen LogP contribution in [0.15, 0.2) is 48.5 Å². The van der Waals surface area contributed by atoms with Crippen molar-refractivity contribution in [2.75, 3.05) is 5.33 Å². The number of halogens is 1. The monoisotopic (exact) mass is 299 g/mol. The number of para-hydroxylation sites is 1. The van der Waals surface area contributed by atoms with Crippen LogP contribution in [0, 0.1) is 0 Å². The quantitative estimate of drug-likeness (QED) is 0.646. The van der Waals surface area contributed by atoms with Crippen LogP contribution in [0.1, 0.15) is 12.0 Å². The van der Waals surface area contributed by atoms with Crippen molar-refractivity contribution >= 4 is 43.8 Å². The maximum atomic E-state index is 3.47. The van der Waals surface area contributed by atoms with Gasteiger partial charge in [-0.05, 0) is 24.1 Å². The highest BCUT2D eigenvalue weighted by atomic mass is 79.9. The Morgan fingerprint density at radius 3 is 2.72 bits per heavy atom. The van der Waals surface area contributed by atoms with Crippen LogP contribution in [-0.4, -0.2) is 10.3 Å². The Labute approximate surface area is 115 Å². The van der Waals surface area contributed by atoms with Gasteiger partial charge in [-0.1, -0.05) is 58.4 Å². The van der Waals surface area contributed by atoms with Crippen LogP contribution in [0.4, 0.5) is 0 Å². The number of alkyl halides is 1. The van der Waals surface area contributed by atoms with Crippen molar-refractivity contribution in [2.45, 2.75) is 6.42 Å². The van der Waals surface area contributed by atoms with Crippen LogP contribution in [0.5, 0.6) is 0 Å². The van der Waals surface area contributed by atoms with Crippen LogP contribution >= 0.6 is 15.9 Å². The second kappa shape index (κ2) is 4.99. The van der Waals surface area contributed by atoms with Gasteiger partial charge in [0, 0.05) is 27.1 Å². The van der Waals surface area contributed by atoms with E-state index >= 15 is 0 Å². The summed E-state index contributed by atoms with van der Waals surface area (Å²) in [5.41, 5.74) is 3.65. The third-order valence-electron chi connectivity index (χ3n) is 3.12. The van der Waals surface area contributed by atoms with Crippen molar-refractivity contribution in [1.29, 1.82) is 0 Å². The molecule has 0 aliphatic carbocycles. The Bertz CT molecular complexity index is 709. The predicted molar refractivity (Wildman–Crippen MR) is 83.2 cm³/mol. The van der Waals surface area contributed by atoms with Crippen LogP contribution in [0.2, 0.25) is 0 Å². The van der Waals surface area contributed by atoms with Crippen molar-refractivity contribution in [3.8, 4) is 0 Å². The van der Waals surface area contributed by atoms with E-state index in [-0.39, 0.29) is 0 Å². The Morgan fingerprint density at radius 2 is 1.83 bits per heavy atom. The second-order valence-corrected chi connectivity index (χ2v) is 5.15. The highest BCUT2D eigenvalue weighted by molar-refractivity contribution is 9.09. The van der Waals surface area contributed by atoms with E-state index in [9.17, 15) is 0 Å². The Balaban J connectivity index is 2.09. The summed E-state index contributed by atoms with van der Waals surface area (Å²) in [6.07, 6.45) is 5.43. The first-order valence-corrected chi connectivity index (χ1v) is 7.23. The number of allylic oxidation sites excluding steroid dienone is 1. The van der Waals surface area contributed by atoms with Gasteiger partial charge >= 0.3 is 0 Å². The molecule has 1 N–H and O–H groups in total. The maximum Gasteiger partial charge on any atom is 0.0470 e. The molecule has 0 aliphatic rings. The minimum Gasteiger partial charge on any atom is -0.354 e. The van der Waals surface area contributed by atoms with Crippen LogP contribution in [-0.2, 0) is 0 Å². The van der Waals surface area contributed by atoms with Crippen LogP contribution in [0.3, 0.4) is 0 Å². The number of aromatic amines is 1. The summed E-state index contributed by atoms with van der Waals surface area (Å²) in [4.78, 5) is 3.47. The molecule has 1 heterocycles. The molecule has 0 fully saturated rings. The zero-order valence-electron chi connectivity index (χ0n) is 9.99. The number of aromatic nitrogens is 1. The lowest BCUT2D eigenvalue weighted by molar-refractivity contribution is 1.27. The summed E-state index contributed by atoms with van der Waals surface area (Å²) >= 11 is 3.43. The first kappa shape index (κ1) is 11.5. The Hall–Kier alpha value is -1.54. The lowest BCUT2D eigenvalue weighted by Crippen LogP contribution is -1.74. The number of fused-ring (bicyclic) bond motifs is 3. The molecule has 0 saturated carbocycles. The van der Waals surface area contributed by atoms with E-state index in [1.54, 1.807) is 0 Å². The van der Waals surface area contributed by atoms with Gasteiger partial charge in [0.25, 0.3) is 0 Å². The van der Waals surface area contributed by atoms with Gasteiger partial charge in [0.2, 0.25) is 0 Å². The van der Waals surface area contributed by atoms with E-state index in [1.807, 2.05) is 0 Å². The topological polar surface area (TPSA) is 15.8 Å². The number of H-pyrrole nitrogens is 1. The van der Waals surface area contributed by atoms with Crippen molar-refractivity contribution in [1.82, 2.24) is 4.98 Å². The normalized spacial score (nSPS) is 11.8. The predicted octanol–water partition coefficient (Wildman–Crippen LogP) is 5.12. The number of nitrogens with one attached hydrogen (secondary N) is 1. The first-order chi connectivity index (χ1) is 8.88. The van der Waals surface area contributed by atoms with Gasteiger partial charge in [-0.15, -0.1) is 0 Å². The summed E-state index contributed by atoms with van der Waals surface area (Å²) < 4.78 is 0. The summed E-state index contributed by atoms with van der Waals surface area (Å²) in [6.45, 7) is 0. The van der Waals surface area contributed by atoms with Gasteiger partial charge in [0.1, 0.15) is 0 Å². The molecule has 0 bridgehead atoms. The van der Waals surface area contributed by atoms with Crippen molar-refractivity contribution < 1.29 is 0 Å². The summed E-state index contributed by atoms with van der Waals surface area (Å²) in [7, 11) is 0. The smallest absolute Gasteiger partial charge is 0.0470 e. The van der Waals surface area contributed by atoms with E-state index in [4.69, 9.17) is 0 Å². The molecule has 0 atom stereocenters. The first-order valence-electron chi connectivity index (χ1n) is 6.11. The number of rotatable bonds is 3. The molecule has 3 rings (SSSR count). The third kappa shape index (κ3) is 2.08. The van der Waals surface area contributed by atoms with E-state index in [0.717, 1.165) is 11.8 Å². The minimum absolute atomic E-state index is 1.01. The molecular weight excluding hydrogens is 286 g/mol. The van der Waals surface area contributed by atoms with Gasteiger partial charge < -0.3 is 4.98 Å². The molecule has 90 valence electrons. The molecule has 2 heteroatoms. The standard InChI is InChI=1S/C16H14BrN/c17-10-4-3-5-12-8-9-14-13-6-1-2-7-15(13)18-16(14)11-12/h1-3,5-9,11,18H,4,10H2. The Morgan fingerprint density at radius 1 is 1.00 bits per heavy atom. The van der Waals surface area contributed by atoms with E-state index in [0.29, 0.717) is 0 Å². The lowest BCUT2D eigenvalue weighted by Gasteiger charge is -1.95. The molecule has 0 aliphatic heterocycles. The van der Waals surface area contributed by atoms with Crippen molar-refractivity contribution in [3.05, 3.63) is 54.1 Å². The van der Waals surface area contributed by atoms with E-state index in [2.05, 4.69) is 75.5 Å². The summed E-state index contributed by atoms with van der Waals surface area (Å²) in [6, 6.07) is 15.0. The zero-order chi connectivity index (χ0) is 12.4. The molecule has 0 unspecified atom stereocenters. The van der Waals surface area contributed by atoms with E-state index in [1.165, 1.54) is 27.4 Å². The molecule has 1 aromatic heterocycles. The fraction of sp³-hybridized carbons (Fsp3) is 0.125. The Kier molecular flexibility index (Phi) is 3.20. The van der Waals surface area contributed by atoms with Crippen LogP contribution in [0.25, 0.3) is 27.9 Å². The fourth-order valence-electron chi connectivity index (χ4n) is 2.26. The number of hydrogen-bond acceptors (Lipinski definition) is 0. The van der Waals surface area contributed by atoms with Gasteiger partial charge in [0.05, 0.1) is 0 Å². The largest absolute Gasteiger partial charge is 0.354 e. The second-order valence-electron chi connectivity index (χ2n) is 4.36. The number of hydrogen-bond donors (Lipinski definition) is 1. The molecule has 0 saturated heterocycles. The number of benzene rings is 2. The molecule has 3 aromatic rings. The highest BCUT2D eigenvalue weighted by Gasteiger charge is 2.02. The van der Waals surface area contributed by atoms with Gasteiger partial charge in [-0.3, -0.25) is 0 Å². The molecule has 18 heavy (non-hydrogen) atoms. The highest BCUT2D eigenvalue weighted by Crippen LogP contribution is 2.26. The zero-order valence-corrected chi connectivity index (χ0v) is 11.6. The molecule has 0 spiro atoms. The van der Waals surface area contributed by atoms with E-state index < -0.39 is 0 Å². The van der Waals surface area contributed by atoms with Gasteiger partial charge in [-0.2, -0.15) is 0 Å². The van der Waals surface area contributed by atoms with Crippen molar-refractivity contribution in [3.63, 3.8) is 0 Å².